The molecule has 0 N–H and O–H groups in total. The summed E-state index contributed by atoms with van der Waals surface area (Å²) in [6.45, 7) is 1.87. The summed E-state index contributed by atoms with van der Waals surface area (Å²) in [6, 6.07) is 12.9. The smallest absolute Gasteiger partial charge is 0.297 e. The predicted octanol–water partition coefficient (Wildman–Crippen LogP) is 6.12. The van der Waals surface area contributed by atoms with Crippen LogP contribution in [-0.4, -0.2) is 15.5 Å². The van der Waals surface area contributed by atoms with E-state index in [1.807, 2.05) is 6.92 Å². The van der Waals surface area contributed by atoms with Gasteiger partial charge in [0.25, 0.3) is 10.1 Å². The largest absolute Gasteiger partial charge is 0.484 e. The highest BCUT2D eigenvalue weighted by Gasteiger charge is 2.32. The molecule has 0 aliphatic carbocycles. The van der Waals surface area contributed by atoms with Gasteiger partial charge in [0.15, 0.2) is 0 Å². The monoisotopic (exact) mass is 466 g/mol. The molecule has 1 unspecified atom stereocenters. The summed E-state index contributed by atoms with van der Waals surface area (Å²) >= 11 is 12.3. The Morgan fingerprint density at radius 1 is 1.10 bits per heavy atom. The van der Waals surface area contributed by atoms with E-state index < -0.39 is 22.0 Å². The second kappa shape index (κ2) is 7.85. The van der Waals surface area contributed by atoms with E-state index in [1.54, 1.807) is 30.3 Å². The highest BCUT2D eigenvalue weighted by atomic mass is 35.5. The van der Waals surface area contributed by atoms with Gasteiger partial charge >= 0.3 is 0 Å². The Balaban J connectivity index is 1.82. The van der Waals surface area contributed by atoms with Crippen LogP contribution in [0.3, 0.4) is 0 Å². The van der Waals surface area contributed by atoms with E-state index in [0.29, 0.717) is 33.9 Å². The minimum Gasteiger partial charge on any atom is -0.484 e. The summed E-state index contributed by atoms with van der Waals surface area (Å²) in [5, 5.41) is 0.477. The van der Waals surface area contributed by atoms with Gasteiger partial charge < -0.3 is 4.74 Å². The van der Waals surface area contributed by atoms with Crippen LogP contribution in [0.25, 0.3) is 11.1 Å². The second-order valence-electron chi connectivity index (χ2n) is 7.04. The van der Waals surface area contributed by atoms with Crippen molar-refractivity contribution >= 4 is 33.3 Å². The number of aryl methyl sites for hydroxylation is 1. The first kappa shape index (κ1) is 21.1. The third-order valence-electron chi connectivity index (χ3n) is 5.03. The molecule has 1 atom stereocenters. The van der Waals surface area contributed by atoms with Crippen molar-refractivity contribution in [3.05, 3.63) is 81.1 Å². The molecule has 1 aliphatic heterocycles. The number of rotatable bonds is 4. The third-order valence-corrected chi connectivity index (χ3v) is 6.88. The molecule has 4 nitrogen and oxygen atoms in total. The lowest BCUT2D eigenvalue weighted by molar-refractivity contribution is 0.235. The zero-order valence-corrected chi connectivity index (χ0v) is 18.4. The fraction of sp³-hybridized carbons (Fsp3) is 0.182. The van der Waals surface area contributed by atoms with E-state index >= 15 is 0 Å². The van der Waals surface area contributed by atoms with E-state index in [1.165, 1.54) is 18.2 Å². The average Bonchev–Trinajstić information content (AvgIpc) is 3.13. The lowest BCUT2D eigenvalue weighted by Gasteiger charge is -2.17. The van der Waals surface area contributed by atoms with Crippen molar-refractivity contribution < 1.29 is 21.7 Å². The van der Waals surface area contributed by atoms with Gasteiger partial charge in [0, 0.05) is 28.1 Å². The molecule has 0 saturated carbocycles. The van der Waals surface area contributed by atoms with Crippen molar-refractivity contribution in [2.75, 3.05) is 7.11 Å². The number of fused-ring (bicyclic) bond motifs is 1. The normalized spacial score (nSPS) is 15.7. The van der Waals surface area contributed by atoms with Crippen molar-refractivity contribution in [2.45, 2.75) is 24.3 Å². The Morgan fingerprint density at radius 2 is 1.87 bits per heavy atom. The molecular formula is C22H17Cl2FO4S. The predicted molar refractivity (Wildman–Crippen MR) is 114 cm³/mol. The SMILES string of the molecule is COS(=O)(=O)c1ccc(C)cc1C1Cc2cc(Cl)cc(-c3ccc(F)c(Cl)c3)c2O1. The van der Waals surface area contributed by atoms with Gasteiger partial charge in [-0.1, -0.05) is 47.0 Å². The molecule has 3 aromatic rings. The van der Waals surface area contributed by atoms with Gasteiger partial charge in [-0.15, -0.1) is 0 Å². The maximum absolute atomic E-state index is 13.6. The Bertz CT molecular complexity index is 1260. The highest BCUT2D eigenvalue weighted by Crippen LogP contribution is 2.46. The Hall–Kier alpha value is -2.12. The van der Waals surface area contributed by atoms with Crippen molar-refractivity contribution in [3.8, 4) is 16.9 Å². The van der Waals surface area contributed by atoms with Crippen molar-refractivity contribution in [3.63, 3.8) is 0 Å². The Labute approximate surface area is 184 Å². The fourth-order valence-corrected chi connectivity index (χ4v) is 4.93. The number of benzene rings is 3. The van der Waals surface area contributed by atoms with E-state index in [4.69, 9.17) is 32.1 Å². The molecule has 0 bridgehead atoms. The molecule has 0 saturated heterocycles. The van der Waals surface area contributed by atoms with Crippen molar-refractivity contribution in [1.82, 2.24) is 0 Å². The third kappa shape index (κ3) is 3.81. The van der Waals surface area contributed by atoms with Crippen LogP contribution in [0.2, 0.25) is 10.0 Å². The minimum absolute atomic E-state index is 0.0112. The van der Waals surface area contributed by atoms with Gasteiger partial charge in [0.05, 0.1) is 12.1 Å². The van der Waals surface area contributed by atoms with Crippen LogP contribution < -0.4 is 4.74 Å². The Kier molecular flexibility index (Phi) is 5.53. The molecular weight excluding hydrogens is 450 g/mol. The van der Waals surface area contributed by atoms with Gasteiger partial charge in [-0.25, -0.2) is 4.39 Å². The Morgan fingerprint density at radius 3 is 2.57 bits per heavy atom. The molecule has 156 valence electrons. The van der Waals surface area contributed by atoms with Crippen LogP contribution in [-0.2, 0) is 20.7 Å². The van der Waals surface area contributed by atoms with E-state index in [0.717, 1.165) is 18.2 Å². The maximum atomic E-state index is 13.6. The zero-order chi connectivity index (χ0) is 21.6. The highest BCUT2D eigenvalue weighted by molar-refractivity contribution is 7.86. The minimum atomic E-state index is -3.92. The van der Waals surface area contributed by atoms with Gasteiger partial charge in [-0.2, -0.15) is 8.42 Å². The molecule has 0 radical (unpaired) electrons. The van der Waals surface area contributed by atoms with Crippen molar-refractivity contribution in [1.29, 1.82) is 0 Å². The molecule has 0 fully saturated rings. The molecule has 0 spiro atoms. The lowest BCUT2D eigenvalue weighted by atomic mass is 9.98. The van der Waals surface area contributed by atoms with Crippen LogP contribution >= 0.6 is 23.2 Å². The topological polar surface area (TPSA) is 52.6 Å². The number of halogens is 3. The summed E-state index contributed by atoms with van der Waals surface area (Å²) < 4.78 is 49.4. The maximum Gasteiger partial charge on any atom is 0.297 e. The standard InChI is InChI=1S/C22H17Cl2FO4S/c1-12-3-6-21(30(26,27)28-2)17(7-12)20-10-14-8-15(23)11-16(22(14)29-20)13-4-5-19(25)18(24)9-13/h3-9,11,20H,10H2,1-2H3. The van der Waals surface area contributed by atoms with E-state index in [2.05, 4.69) is 0 Å². The fourth-order valence-electron chi connectivity index (χ4n) is 3.61. The van der Waals surface area contributed by atoms with Crippen LogP contribution in [0.5, 0.6) is 5.75 Å². The number of ether oxygens (including phenoxy) is 1. The van der Waals surface area contributed by atoms with Crippen LogP contribution in [0.4, 0.5) is 4.39 Å². The molecule has 1 heterocycles. The summed E-state index contributed by atoms with van der Waals surface area (Å²) in [7, 11) is -2.79. The zero-order valence-electron chi connectivity index (χ0n) is 16.1. The first-order chi connectivity index (χ1) is 14.2. The molecule has 0 amide bonds. The molecule has 3 aromatic carbocycles. The van der Waals surface area contributed by atoms with Gasteiger partial charge in [-0.3, -0.25) is 4.18 Å². The first-order valence-corrected chi connectivity index (χ1v) is 11.2. The van der Waals surface area contributed by atoms with Crippen LogP contribution in [0, 0.1) is 12.7 Å². The first-order valence-electron chi connectivity index (χ1n) is 9.05. The second-order valence-corrected chi connectivity index (χ2v) is 9.57. The number of hydrogen-bond acceptors (Lipinski definition) is 4. The molecule has 0 aromatic heterocycles. The lowest BCUT2D eigenvalue weighted by Crippen LogP contribution is -2.12. The van der Waals surface area contributed by atoms with E-state index in [9.17, 15) is 12.8 Å². The summed E-state index contributed by atoms with van der Waals surface area (Å²) in [5.74, 6) is 0.0430. The van der Waals surface area contributed by atoms with Gasteiger partial charge in [-0.05, 0) is 42.8 Å². The quantitative estimate of drug-likeness (QED) is 0.434. The summed E-state index contributed by atoms with van der Waals surface area (Å²) in [5.41, 5.74) is 3.53. The molecule has 8 heteroatoms. The van der Waals surface area contributed by atoms with Gasteiger partial charge in [0.1, 0.15) is 22.6 Å². The molecule has 4 rings (SSSR count). The molecule has 30 heavy (non-hydrogen) atoms. The van der Waals surface area contributed by atoms with Crippen LogP contribution in [0.1, 0.15) is 22.8 Å². The summed E-state index contributed by atoms with van der Waals surface area (Å²) in [6.07, 6.45) is -0.124. The van der Waals surface area contributed by atoms with Crippen molar-refractivity contribution in [2.24, 2.45) is 0 Å². The average molecular weight is 467 g/mol. The summed E-state index contributed by atoms with van der Waals surface area (Å²) in [4.78, 5) is 0.0610. The molecule has 1 aliphatic rings. The number of hydrogen-bond donors (Lipinski definition) is 0. The van der Waals surface area contributed by atoms with Gasteiger partial charge in [0.2, 0.25) is 0 Å². The van der Waals surface area contributed by atoms with Crippen LogP contribution in [0.15, 0.2) is 53.4 Å². The van der Waals surface area contributed by atoms with E-state index in [-0.39, 0.29) is 9.92 Å².